The van der Waals surface area contributed by atoms with Crippen LogP contribution in [-0.2, 0) is 38.1 Å². The summed E-state index contributed by atoms with van der Waals surface area (Å²) in [7, 11) is 0. The van der Waals surface area contributed by atoms with Crippen molar-refractivity contribution in [3.8, 4) is 0 Å². The molecule has 0 unspecified atom stereocenters. The molecule has 7 atom stereocenters. The van der Waals surface area contributed by atoms with Crippen LogP contribution >= 0.6 is 0 Å². The van der Waals surface area contributed by atoms with Crippen LogP contribution in [0.15, 0.2) is 30.3 Å². The third-order valence-corrected chi connectivity index (χ3v) is 8.43. The van der Waals surface area contributed by atoms with E-state index >= 15 is 0 Å². The standard InChI is InChI=1S/C28H36O9/c1-16-12-13-22(34-18(3)30)27(15-33-17(2)29)23(36-25(32)20-10-8-7-9-11-20)14-21-24(35-19(4)31)28(16,27)37-26(21,5)6/h7-11,16,21-24H,12-15H2,1-6H3/t16-,21+,22+,23+,24-,27-,28+/m1/s1. The molecule has 1 aromatic carbocycles. The number of benzene rings is 1. The molecule has 1 aromatic rings. The monoisotopic (exact) mass is 516 g/mol. The molecule has 37 heavy (non-hydrogen) atoms. The van der Waals surface area contributed by atoms with Crippen LogP contribution in [0.25, 0.3) is 0 Å². The van der Waals surface area contributed by atoms with Gasteiger partial charge in [0, 0.05) is 26.7 Å². The number of hydrogen-bond donors (Lipinski definition) is 0. The van der Waals surface area contributed by atoms with Gasteiger partial charge in [-0.2, -0.15) is 0 Å². The molecule has 3 aliphatic rings. The quantitative estimate of drug-likeness (QED) is 0.413. The minimum absolute atomic E-state index is 0.207. The van der Waals surface area contributed by atoms with E-state index in [1.807, 2.05) is 20.8 Å². The van der Waals surface area contributed by atoms with Gasteiger partial charge in [0.1, 0.15) is 35.9 Å². The molecule has 3 fully saturated rings. The Kier molecular flexibility index (Phi) is 7.14. The maximum Gasteiger partial charge on any atom is 0.338 e. The Hall–Kier alpha value is -2.94. The van der Waals surface area contributed by atoms with Crippen molar-refractivity contribution >= 4 is 23.9 Å². The summed E-state index contributed by atoms with van der Waals surface area (Å²) in [4.78, 5) is 50.2. The van der Waals surface area contributed by atoms with Crippen LogP contribution in [0, 0.1) is 17.3 Å². The van der Waals surface area contributed by atoms with Crippen LogP contribution < -0.4 is 0 Å². The number of fused-ring (bicyclic) bond motifs is 1. The van der Waals surface area contributed by atoms with Crippen molar-refractivity contribution in [2.24, 2.45) is 17.3 Å². The van der Waals surface area contributed by atoms with Crippen LogP contribution in [-0.4, -0.2) is 60.0 Å². The van der Waals surface area contributed by atoms with Crippen molar-refractivity contribution < 1.29 is 42.9 Å². The number of rotatable bonds is 6. The van der Waals surface area contributed by atoms with Crippen LogP contribution in [0.4, 0.5) is 0 Å². The molecule has 202 valence electrons. The normalized spacial score (nSPS) is 35.6. The van der Waals surface area contributed by atoms with Gasteiger partial charge in [0.05, 0.1) is 11.2 Å². The third-order valence-electron chi connectivity index (χ3n) is 8.43. The molecule has 9 heteroatoms. The fraction of sp³-hybridized carbons (Fsp3) is 0.643. The predicted octanol–water partition coefficient (Wildman–Crippen LogP) is 3.62. The van der Waals surface area contributed by atoms with Crippen LogP contribution in [0.2, 0.25) is 0 Å². The van der Waals surface area contributed by atoms with Crippen LogP contribution in [0.1, 0.15) is 71.2 Å². The first-order valence-electron chi connectivity index (χ1n) is 12.8. The van der Waals surface area contributed by atoms with Crippen LogP contribution in [0.5, 0.6) is 0 Å². The topological polar surface area (TPSA) is 114 Å². The Morgan fingerprint density at radius 1 is 0.892 bits per heavy atom. The lowest BCUT2D eigenvalue weighted by atomic mass is 9.48. The molecular formula is C28H36O9. The van der Waals surface area contributed by atoms with E-state index in [0.29, 0.717) is 18.4 Å². The van der Waals surface area contributed by atoms with Gasteiger partial charge in [0.2, 0.25) is 0 Å². The zero-order chi connectivity index (χ0) is 27.2. The Morgan fingerprint density at radius 3 is 2.14 bits per heavy atom. The summed E-state index contributed by atoms with van der Waals surface area (Å²) in [5, 5.41) is 0. The second-order valence-electron chi connectivity index (χ2n) is 11.0. The zero-order valence-electron chi connectivity index (χ0n) is 22.3. The van der Waals surface area contributed by atoms with Gasteiger partial charge in [0.25, 0.3) is 0 Å². The summed E-state index contributed by atoms with van der Waals surface area (Å²) in [6.45, 7) is 9.53. The lowest BCUT2D eigenvalue weighted by Crippen LogP contribution is -2.76. The first-order chi connectivity index (χ1) is 17.3. The van der Waals surface area contributed by atoms with Crippen molar-refractivity contribution in [3.63, 3.8) is 0 Å². The summed E-state index contributed by atoms with van der Waals surface area (Å²) < 4.78 is 30.6. The van der Waals surface area contributed by atoms with Crippen molar-refractivity contribution in [3.05, 3.63) is 35.9 Å². The van der Waals surface area contributed by atoms with E-state index in [1.54, 1.807) is 30.3 Å². The number of esters is 4. The summed E-state index contributed by atoms with van der Waals surface area (Å²) in [6.07, 6.45) is -1.11. The predicted molar refractivity (Wildman–Crippen MR) is 130 cm³/mol. The highest BCUT2D eigenvalue weighted by Crippen LogP contribution is 2.67. The molecule has 0 aromatic heterocycles. The van der Waals surface area contributed by atoms with Gasteiger partial charge < -0.3 is 23.7 Å². The fourth-order valence-electron chi connectivity index (χ4n) is 7.02. The van der Waals surface area contributed by atoms with Gasteiger partial charge in [-0.25, -0.2) is 4.79 Å². The SMILES string of the molecule is CC(=O)OC[C@]12[C@@H](OC(C)=O)CC[C@@H](C)[C@@]13OC(C)(C)[C@@H](C[C@@H]2OC(=O)c1ccccc1)[C@H]3OC(C)=O. The molecule has 1 saturated heterocycles. The molecule has 9 nitrogen and oxygen atoms in total. The maximum absolute atomic E-state index is 13.4. The van der Waals surface area contributed by atoms with Crippen LogP contribution in [0.3, 0.4) is 0 Å². The molecule has 1 aliphatic heterocycles. The molecule has 1 heterocycles. The molecule has 2 aliphatic carbocycles. The zero-order valence-corrected chi connectivity index (χ0v) is 22.3. The van der Waals surface area contributed by atoms with Gasteiger partial charge >= 0.3 is 23.9 Å². The van der Waals surface area contributed by atoms with Gasteiger partial charge in [-0.15, -0.1) is 0 Å². The van der Waals surface area contributed by atoms with Crippen molar-refractivity contribution in [1.29, 1.82) is 0 Å². The van der Waals surface area contributed by atoms with E-state index in [9.17, 15) is 19.2 Å². The van der Waals surface area contributed by atoms with E-state index in [4.69, 9.17) is 23.7 Å². The van der Waals surface area contributed by atoms with Crippen molar-refractivity contribution in [1.82, 2.24) is 0 Å². The molecule has 2 saturated carbocycles. The third kappa shape index (κ3) is 4.41. The Balaban J connectivity index is 1.93. The lowest BCUT2D eigenvalue weighted by Gasteiger charge is -2.62. The van der Waals surface area contributed by atoms with E-state index < -0.39 is 58.8 Å². The summed E-state index contributed by atoms with van der Waals surface area (Å²) >= 11 is 0. The smallest absolute Gasteiger partial charge is 0.338 e. The first kappa shape index (κ1) is 27.1. The Bertz CT molecular complexity index is 1070. The number of hydrogen-bond acceptors (Lipinski definition) is 9. The van der Waals surface area contributed by atoms with Gasteiger partial charge in [-0.1, -0.05) is 25.1 Å². The second-order valence-corrected chi connectivity index (χ2v) is 11.0. The molecule has 0 amide bonds. The van der Waals surface area contributed by atoms with E-state index in [-0.39, 0.29) is 24.9 Å². The largest absolute Gasteiger partial charge is 0.465 e. The minimum atomic E-state index is -1.32. The Morgan fingerprint density at radius 2 is 1.54 bits per heavy atom. The molecule has 1 spiro atoms. The second kappa shape index (κ2) is 9.74. The molecule has 2 bridgehead atoms. The highest BCUT2D eigenvalue weighted by atomic mass is 16.6. The van der Waals surface area contributed by atoms with Gasteiger partial charge in [-0.05, 0) is 51.2 Å². The average Bonchev–Trinajstić information content (AvgIpc) is 2.97. The maximum atomic E-state index is 13.4. The Labute approximate surface area is 217 Å². The molecular weight excluding hydrogens is 480 g/mol. The number of carbonyl (C=O) groups is 4. The summed E-state index contributed by atoms with van der Waals surface area (Å²) in [5.41, 5.74) is -2.99. The fourth-order valence-corrected chi connectivity index (χ4v) is 7.02. The average molecular weight is 517 g/mol. The van der Waals surface area contributed by atoms with Crippen molar-refractivity contribution in [2.75, 3.05) is 6.61 Å². The number of ether oxygens (including phenoxy) is 5. The number of carbonyl (C=O) groups excluding carboxylic acids is 4. The summed E-state index contributed by atoms with van der Waals surface area (Å²) in [6, 6.07) is 8.59. The molecule has 4 rings (SSSR count). The molecule has 0 N–H and O–H groups in total. The van der Waals surface area contributed by atoms with E-state index in [1.165, 1.54) is 20.8 Å². The summed E-state index contributed by atoms with van der Waals surface area (Å²) in [5.74, 6) is -2.62. The minimum Gasteiger partial charge on any atom is -0.465 e. The highest BCUT2D eigenvalue weighted by Gasteiger charge is 2.81. The van der Waals surface area contributed by atoms with E-state index in [2.05, 4.69) is 0 Å². The van der Waals surface area contributed by atoms with Gasteiger partial charge in [0.15, 0.2) is 0 Å². The highest BCUT2D eigenvalue weighted by molar-refractivity contribution is 5.89. The van der Waals surface area contributed by atoms with Gasteiger partial charge in [-0.3, -0.25) is 14.4 Å². The first-order valence-corrected chi connectivity index (χ1v) is 12.8. The van der Waals surface area contributed by atoms with Crippen molar-refractivity contribution in [2.45, 2.75) is 90.3 Å². The van der Waals surface area contributed by atoms with E-state index in [0.717, 1.165) is 0 Å². The lowest BCUT2D eigenvalue weighted by molar-refractivity contribution is -0.302. The molecule has 0 radical (unpaired) electrons.